The molecular weight excluding hydrogens is 244 g/mol. The number of nitrogens with one attached hydrogen (secondary N) is 1. The summed E-state index contributed by atoms with van der Waals surface area (Å²) in [6.07, 6.45) is 1.71. The van der Waals surface area contributed by atoms with Crippen LogP contribution < -0.4 is 10.1 Å². The molecular formula is C13H16N4O2. The van der Waals surface area contributed by atoms with E-state index in [1.807, 2.05) is 30.3 Å². The highest BCUT2D eigenvalue weighted by Crippen LogP contribution is 2.11. The smallest absolute Gasteiger partial charge is 0.244 e. The molecule has 1 amide bonds. The molecule has 19 heavy (non-hydrogen) atoms. The van der Waals surface area contributed by atoms with Gasteiger partial charge in [-0.3, -0.25) is 4.79 Å². The number of carbonyl (C=O) groups is 1. The standard InChI is InChI=1S/C13H16N4O2/c1-10(13(18)14-2)17-8-11(15-16-17)9-19-12-6-4-3-5-7-12/h3-8,10H,9H2,1-2H3,(H,14,18). The van der Waals surface area contributed by atoms with E-state index in [1.54, 1.807) is 20.2 Å². The number of rotatable bonds is 5. The normalized spacial score (nSPS) is 11.9. The summed E-state index contributed by atoms with van der Waals surface area (Å²) < 4.78 is 7.07. The maximum atomic E-state index is 11.5. The minimum atomic E-state index is -0.386. The third kappa shape index (κ3) is 3.31. The van der Waals surface area contributed by atoms with Gasteiger partial charge in [0.15, 0.2) is 0 Å². The molecule has 0 aliphatic carbocycles. The average molecular weight is 260 g/mol. The minimum absolute atomic E-state index is 0.111. The molecule has 0 spiro atoms. The topological polar surface area (TPSA) is 69.0 Å². The van der Waals surface area contributed by atoms with Crippen LogP contribution in [0.5, 0.6) is 5.75 Å². The van der Waals surface area contributed by atoms with Crippen molar-refractivity contribution in [3.8, 4) is 5.75 Å². The number of ether oxygens (including phenoxy) is 1. The fourth-order valence-electron chi connectivity index (χ4n) is 1.57. The molecule has 1 atom stereocenters. The number of amides is 1. The van der Waals surface area contributed by atoms with E-state index < -0.39 is 0 Å². The van der Waals surface area contributed by atoms with Crippen molar-refractivity contribution in [2.45, 2.75) is 19.6 Å². The number of para-hydroxylation sites is 1. The van der Waals surface area contributed by atoms with Crippen molar-refractivity contribution in [2.24, 2.45) is 0 Å². The number of likely N-dealkylation sites (N-methyl/N-ethyl adjacent to an activating group) is 1. The maximum Gasteiger partial charge on any atom is 0.244 e. The Balaban J connectivity index is 1.96. The van der Waals surface area contributed by atoms with Crippen molar-refractivity contribution in [3.05, 3.63) is 42.2 Å². The first-order valence-corrected chi connectivity index (χ1v) is 6.01. The van der Waals surface area contributed by atoms with E-state index in [1.165, 1.54) is 4.68 Å². The van der Waals surface area contributed by atoms with Crippen molar-refractivity contribution in [1.29, 1.82) is 0 Å². The number of carbonyl (C=O) groups excluding carboxylic acids is 1. The molecule has 6 nitrogen and oxygen atoms in total. The molecule has 0 fully saturated rings. The van der Waals surface area contributed by atoms with Crippen molar-refractivity contribution in [1.82, 2.24) is 20.3 Å². The molecule has 1 aromatic heterocycles. The summed E-state index contributed by atoms with van der Waals surface area (Å²) in [6.45, 7) is 2.08. The zero-order chi connectivity index (χ0) is 13.7. The van der Waals surface area contributed by atoms with E-state index in [2.05, 4.69) is 15.6 Å². The Kier molecular flexibility index (Phi) is 4.12. The van der Waals surface area contributed by atoms with Gasteiger partial charge in [0.1, 0.15) is 24.1 Å². The third-order valence-corrected chi connectivity index (χ3v) is 2.71. The Bertz CT molecular complexity index is 539. The molecule has 1 N–H and O–H groups in total. The zero-order valence-electron chi connectivity index (χ0n) is 10.9. The highest BCUT2D eigenvalue weighted by Gasteiger charge is 2.15. The van der Waals surface area contributed by atoms with E-state index in [9.17, 15) is 4.79 Å². The molecule has 0 aliphatic heterocycles. The van der Waals surface area contributed by atoms with E-state index in [-0.39, 0.29) is 11.9 Å². The minimum Gasteiger partial charge on any atom is -0.487 e. The molecule has 100 valence electrons. The second-order valence-electron chi connectivity index (χ2n) is 4.08. The lowest BCUT2D eigenvalue weighted by atomic mass is 10.3. The van der Waals surface area contributed by atoms with Gasteiger partial charge in [-0.05, 0) is 19.1 Å². The van der Waals surface area contributed by atoms with Gasteiger partial charge in [-0.2, -0.15) is 0 Å². The summed E-state index contributed by atoms with van der Waals surface area (Å²) in [4.78, 5) is 11.5. The summed E-state index contributed by atoms with van der Waals surface area (Å²) in [7, 11) is 1.59. The molecule has 1 heterocycles. The molecule has 1 unspecified atom stereocenters. The van der Waals surface area contributed by atoms with E-state index in [0.717, 1.165) is 5.75 Å². The zero-order valence-corrected chi connectivity index (χ0v) is 10.9. The fourth-order valence-corrected chi connectivity index (χ4v) is 1.57. The maximum absolute atomic E-state index is 11.5. The molecule has 1 aromatic carbocycles. The summed E-state index contributed by atoms with van der Waals surface area (Å²) in [6, 6.07) is 9.09. The van der Waals surface area contributed by atoms with Crippen molar-refractivity contribution >= 4 is 5.91 Å². The lowest BCUT2D eigenvalue weighted by Crippen LogP contribution is -2.28. The van der Waals surface area contributed by atoms with Gasteiger partial charge in [-0.1, -0.05) is 23.4 Å². The molecule has 0 saturated carbocycles. The van der Waals surface area contributed by atoms with Crippen LogP contribution >= 0.6 is 0 Å². The van der Waals surface area contributed by atoms with Crippen LogP contribution in [0.2, 0.25) is 0 Å². The summed E-state index contributed by atoms with van der Waals surface area (Å²) in [5.74, 6) is 0.664. The Labute approximate surface area is 111 Å². The van der Waals surface area contributed by atoms with Crippen molar-refractivity contribution in [2.75, 3.05) is 7.05 Å². The summed E-state index contributed by atoms with van der Waals surface area (Å²) in [5, 5.41) is 10.5. The molecule has 2 aromatic rings. The van der Waals surface area contributed by atoms with E-state index in [4.69, 9.17) is 4.74 Å². The summed E-state index contributed by atoms with van der Waals surface area (Å²) >= 11 is 0. The predicted molar refractivity (Wildman–Crippen MR) is 69.6 cm³/mol. The van der Waals surface area contributed by atoms with Gasteiger partial charge in [0.25, 0.3) is 0 Å². The third-order valence-electron chi connectivity index (χ3n) is 2.71. The number of benzene rings is 1. The molecule has 2 rings (SSSR count). The second-order valence-corrected chi connectivity index (χ2v) is 4.08. The fraction of sp³-hybridized carbons (Fsp3) is 0.308. The van der Waals surface area contributed by atoms with Gasteiger partial charge < -0.3 is 10.1 Å². The molecule has 0 bridgehead atoms. The highest BCUT2D eigenvalue weighted by molar-refractivity contribution is 5.79. The second kappa shape index (κ2) is 5.99. The highest BCUT2D eigenvalue weighted by atomic mass is 16.5. The Morgan fingerprint density at radius 3 is 2.84 bits per heavy atom. The summed E-state index contributed by atoms with van der Waals surface area (Å²) in [5.41, 5.74) is 0.680. The van der Waals surface area contributed by atoms with E-state index >= 15 is 0 Å². The Morgan fingerprint density at radius 1 is 1.42 bits per heavy atom. The van der Waals surface area contributed by atoms with Crippen LogP contribution in [-0.2, 0) is 11.4 Å². The van der Waals surface area contributed by atoms with Gasteiger partial charge in [0, 0.05) is 7.05 Å². The monoisotopic (exact) mass is 260 g/mol. The van der Waals surface area contributed by atoms with Crippen LogP contribution in [0.25, 0.3) is 0 Å². The van der Waals surface area contributed by atoms with Gasteiger partial charge in [0.2, 0.25) is 5.91 Å². The Morgan fingerprint density at radius 2 is 2.16 bits per heavy atom. The van der Waals surface area contributed by atoms with E-state index in [0.29, 0.717) is 12.3 Å². The van der Waals surface area contributed by atoms with Crippen molar-refractivity contribution in [3.63, 3.8) is 0 Å². The largest absolute Gasteiger partial charge is 0.487 e. The molecule has 0 aliphatic rings. The van der Waals surface area contributed by atoms with Crippen molar-refractivity contribution < 1.29 is 9.53 Å². The number of aromatic nitrogens is 3. The number of hydrogen-bond acceptors (Lipinski definition) is 4. The molecule has 0 saturated heterocycles. The SMILES string of the molecule is CNC(=O)C(C)n1cc(COc2ccccc2)nn1. The quantitative estimate of drug-likeness (QED) is 0.876. The first-order chi connectivity index (χ1) is 9.20. The Hall–Kier alpha value is -2.37. The number of hydrogen-bond donors (Lipinski definition) is 1. The van der Waals surface area contributed by atoms with Crippen LogP contribution in [-0.4, -0.2) is 27.9 Å². The average Bonchev–Trinajstić information content (AvgIpc) is 2.93. The van der Waals surface area contributed by atoms with Gasteiger partial charge in [-0.25, -0.2) is 4.68 Å². The van der Waals surface area contributed by atoms with Gasteiger partial charge in [-0.15, -0.1) is 5.10 Å². The number of nitrogens with zero attached hydrogens (tertiary/aromatic N) is 3. The molecule has 0 radical (unpaired) electrons. The molecule has 6 heteroatoms. The van der Waals surface area contributed by atoms with Crippen LogP contribution in [0.1, 0.15) is 18.7 Å². The first kappa shape index (κ1) is 13.1. The van der Waals surface area contributed by atoms with Crippen LogP contribution in [0, 0.1) is 0 Å². The predicted octanol–water partition coefficient (Wildman–Crippen LogP) is 1.16. The lowest BCUT2D eigenvalue weighted by Gasteiger charge is -2.08. The van der Waals surface area contributed by atoms with Gasteiger partial charge in [0.05, 0.1) is 6.20 Å². The van der Waals surface area contributed by atoms with Gasteiger partial charge >= 0.3 is 0 Å². The van der Waals surface area contributed by atoms with Crippen LogP contribution in [0.15, 0.2) is 36.5 Å². The van der Waals surface area contributed by atoms with Crippen LogP contribution in [0.4, 0.5) is 0 Å². The first-order valence-electron chi connectivity index (χ1n) is 6.01. The van der Waals surface area contributed by atoms with Crippen LogP contribution in [0.3, 0.4) is 0 Å². The lowest BCUT2D eigenvalue weighted by molar-refractivity contribution is -0.123.